The largest absolute Gasteiger partial charge is 0.356 e. The van der Waals surface area contributed by atoms with Gasteiger partial charge in [0.2, 0.25) is 0 Å². The van der Waals surface area contributed by atoms with E-state index in [4.69, 9.17) is 4.99 Å². The second-order valence-corrected chi connectivity index (χ2v) is 5.67. The lowest BCUT2D eigenvalue weighted by molar-refractivity contribution is 0.612. The van der Waals surface area contributed by atoms with E-state index in [0.717, 1.165) is 51.4 Å². The van der Waals surface area contributed by atoms with E-state index in [2.05, 4.69) is 51.6 Å². The van der Waals surface area contributed by atoms with Crippen LogP contribution in [-0.2, 0) is 13.0 Å². The molecule has 0 bridgehead atoms. The normalized spacial score (nSPS) is 14.1. The van der Waals surface area contributed by atoms with Gasteiger partial charge in [0.05, 0.1) is 0 Å². The SMILES string of the molecule is CCNC(=NCCCCn1cnnc1)N1CCc2ccccc21. The highest BCUT2D eigenvalue weighted by molar-refractivity contribution is 5.97. The fourth-order valence-corrected chi connectivity index (χ4v) is 2.88. The maximum absolute atomic E-state index is 4.80. The highest BCUT2D eigenvalue weighted by Gasteiger charge is 2.22. The van der Waals surface area contributed by atoms with Crippen molar-refractivity contribution < 1.29 is 0 Å². The van der Waals surface area contributed by atoms with Crippen LogP contribution in [0, 0.1) is 0 Å². The Bertz CT molecular complexity index is 634. The molecule has 0 unspecified atom stereocenters. The molecule has 2 aromatic rings. The number of nitrogens with one attached hydrogen (secondary N) is 1. The van der Waals surface area contributed by atoms with Crippen LogP contribution in [0.4, 0.5) is 5.69 Å². The number of hydrogen-bond acceptors (Lipinski definition) is 3. The fourth-order valence-electron chi connectivity index (χ4n) is 2.88. The highest BCUT2D eigenvalue weighted by atomic mass is 15.3. The van der Waals surface area contributed by atoms with Crippen LogP contribution in [0.2, 0.25) is 0 Å². The standard InChI is InChI=1S/C17H24N6/c1-2-18-17(19-10-5-6-11-22-13-20-21-14-22)23-12-9-15-7-3-4-8-16(15)23/h3-4,7-8,13-14H,2,5-6,9-12H2,1H3,(H,18,19). The Kier molecular flexibility index (Phi) is 5.24. The lowest BCUT2D eigenvalue weighted by atomic mass is 10.2. The molecule has 0 fully saturated rings. The number of anilines is 1. The van der Waals surface area contributed by atoms with E-state index >= 15 is 0 Å². The third-order valence-electron chi connectivity index (χ3n) is 4.03. The number of nitrogens with zero attached hydrogens (tertiary/aromatic N) is 5. The molecule has 0 saturated heterocycles. The minimum atomic E-state index is 0.836. The van der Waals surface area contributed by atoms with E-state index in [1.807, 2.05) is 4.57 Å². The van der Waals surface area contributed by atoms with Gasteiger partial charge in [-0.3, -0.25) is 4.99 Å². The molecule has 1 aromatic heterocycles. The van der Waals surface area contributed by atoms with E-state index in [0.29, 0.717) is 0 Å². The predicted octanol–water partition coefficient (Wildman–Crippen LogP) is 2.09. The average Bonchev–Trinajstić information content (AvgIpc) is 3.23. The number of aliphatic imine (C=N–C) groups is 1. The minimum Gasteiger partial charge on any atom is -0.356 e. The molecule has 0 radical (unpaired) electrons. The minimum absolute atomic E-state index is 0.836. The monoisotopic (exact) mass is 312 g/mol. The lowest BCUT2D eigenvalue weighted by Crippen LogP contribution is -2.40. The van der Waals surface area contributed by atoms with Gasteiger partial charge in [-0.2, -0.15) is 0 Å². The van der Waals surface area contributed by atoms with Gasteiger partial charge in [-0.1, -0.05) is 18.2 Å². The molecule has 0 amide bonds. The average molecular weight is 312 g/mol. The first-order valence-electron chi connectivity index (χ1n) is 8.34. The number of rotatable bonds is 6. The summed E-state index contributed by atoms with van der Waals surface area (Å²) >= 11 is 0. The van der Waals surface area contributed by atoms with Crippen molar-refractivity contribution in [3.05, 3.63) is 42.5 Å². The maximum Gasteiger partial charge on any atom is 0.198 e. The van der Waals surface area contributed by atoms with E-state index < -0.39 is 0 Å². The summed E-state index contributed by atoms with van der Waals surface area (Å²) < 4.78 is 2.01. The van der Waals surface area contributed by atoms with Crippen LogP contribution in [0.3, 0.4) is 0 Å². The van der Waals surface area contributed by atoms with Crippen LogP contribution < -0.4 is 10.2 Å². The number of para-hydroxylation sites is 1. The van der Waals surface area contributed by atoms with Crippen molar-refractivity contribution in [1.82, 2.24) is 20.1 Å². The molecule has 1 N–H and O–H groups in total. The van der Waals surface area contributed by atoms with Gasteiger partial charge < -0.3 is 14.8 Å². The highest BCUT2D eigenvalue weighted by Crippen LogP contribution is 2.27. The quantitative estimate of drug-likeness (QED) is 0.504. The van der Waals surface area contributed by atoms with Crippen LogP contribution in [0.5, 0.6) is 0 Å². The van der Waals surface area contributed by atoms with Crippen LogP contribution in [0.15, 0.2) is 41.9 Å². The predicted molar refractivity (Wildman–Crippen MR) is 92.7 cm³/mol. The number of unbranched alkanes of at least 4 members (excludes halogenated alkanes) is 1. The number of benzene rings is 1. The van der Waals surface area contributed by atoms with Gasteiger partial charge in [0, 0.05) is 31.9 Å². The molecule has 1 aliphatic rings. The molecule has 23 heavy (non-hydrogen) atoms. The Labute approximate surface area is 137 Å². The molecule has 6 heteroatoms. The van der Waals surface area contributed by atoms with Gasteiger partial charge in [0.15, 0.2) is 5.96 Å². The molecule has 1 aliphatic heterocycles. The summed E-state index contributed by atoms with van der Waals surface area (Å²) in [5, 5.41) is 11.1. The molecule has 0 saturated carbocycles. The number of aryl methyl sites for hydroxylation is 1. The zero-order valence-corrected chi connectivity index (χ0v) is 13.6. The van der Waals surface area contributed by atoms with Crippen LogP contribution in [0.1, 0.15) is 25.3 Å². The number of guanidine groups is 1. The molecule has 0 aliphatic carbocycles. The van der Waals surface area contributed by atoms with Gasteiger partial charge >= 0.3 is 0 Å². The smallest absolute Gasteiger partial charge is 0.198 e. The molecule has 3 rings (SSSR count). The number of hydrogen-bond donors (Lipinski definition) is 1. The van der Waals surface area contributed by atoms with Crippen molar-refractivity contribution >= 4 is 11.6 Å². The van der Waals surface area contributed by atoms with Gasteiger partial charge in [0.1, 0.15) is 12.7 Å². The summed E-state index contributed by atoms with van der Waals surface area (Å²) in [6, 6.07) is 8.59. The molecule has 0 spiro atoms. The zero-order chi connectivity index (χ0) is 15.9. The summed E-state index contributed by atoms with van der Waals surface area (Å²) in [6.07, 6.45) is 6.75. The Morgan fingerprint density at radius 2 is 2.04 bits per heavy atom. The Morgan fingerprint density at radius 1 is 1.22 bits per heavy atom. The lowest BCUT2D eigenvalue weighted by Gasteiger charge is -2.22. The van der Waals surface area contributed by atoms with Crippen molar-refractivity contribution in [3.8, 4) is 0 Å². The fraction of sp³-hybridized carbons (Fsp3) is 0.471. The molecular formula is C17H24N6. The topological polar surface area (TPSA) is 58.3 Å². The molecule has 1 aromatic carbocycles. The van der Waals surface area contributed by atoms with Crippen molar-refractivity contribution in [2.45, 2.75) is 32.7 Å². The van der Waals surface area contributed by atoms with E-state index in [1.165, 1.54) is 11.3 Å². The van der Waals surface area contributed by atoms with Crippen molar-refractivity contribution in [2.24, 2.45) is 4.99 Å². The second-order valence-electron chi connectivity index (χ2n) is 5.67. The second kappa shape index (κ2) is 7.76. The van der Waals surface area contributed by atoms with Crippen molar-refractivity contribution in [1.29, 1.82) is 0 Å². The van der Waals surface area contributed by atoms with Gasteiger partial charge in [-0.15, -0.1) is 10.2 Å². The first-order chi connectivity index (χ1) is 11.4. The van der Waals surface area contributed by atoms with E-state index in [-0.39, 0.29) is 0 Å². The van der Waals surface area contributed by atoms with Crippen LogP contribution in [0.25, 0.3) is 0 Å². The molecular weight excluding hydrogens is 288 g/mol. The Balaban J connectivity index is 1.56. The van der Waals surface area contributed by atoms with Crippen LogP contribution in [-0.4, -0.2) is 40.4 Å². The van der Waals surface area contributed by atoms with Crippen LogP contribution >= 0.6 is 0 Å². The van der Waals surface area contributed by atoms with Crippen molar-refractivity contribution in [3.63, 3.8) is 0 Å². The van der Waals surface area contributed by atoms with E-state index in [1.54, 1.807) is 12.7 Å². The number of fused-ring (bicyclic) bond motifs is 1. The Hall–Kier alpha value is -2.37. The summed E-state index contributed by atoms with van der Waals surface area (Å²) in [5.41, 5.74) is 2.70. The Morgan fingerprint density at radius 3 is 2.87 bits per heavy atom. The maximum atomic E-state index is 4.80. The third-order valence-corrected chi connectivity index (χ3v) is 4.03. The summed E-state index contributed by atoms with van der Waals surface area (Å²) in [5.74, 6) is 1.00. The van der Waals surface area contributed by atoms with Gasteiger partial charge in [-0.25, -0.2) is 0 Å². The van der Waals surface area contributed by atoms with Gasteiger partial charge in [0.25, 0.3) is 0 Å². The first kappa shape index (κ1) is 15.5. The summed E-state index contributed by atoms with van der Waals surface area (Å²) in [4.78, 5) is 7.11. The molecule has 122 valence electrons. The molecule has 2 heterocycles. The molecule has 0 atom stereocenters. The summed E-state index contributed by atoms with van der Waals surface area (Å²) in [7, 11) is 0. The third kappa shape index (κ3) is 3.88. The van der Waals surface area contributed by atoms with Crippen molar-refractivity contribution in [2.75, 3.05) is 24.5 Å². The zero-order valence-electron chi connectivity index (χ0n) is 13.6. The first-order valence-corrected chi connectivity index (χ1v) is 8.34. The number of aromatic nitrogens is 3. The van der Waals surface area contributed by atoms with E-state index in [9.17, 15) is 0 Å². The van der Waals surface area contributed by atoms with Gasteiger partial charge in [-0.05, 0) is 37.8 Å². The summed E-state index contributed by atoms with van der Waals surface area (Å²) in [6.45, 7) is 5.79. The molecule has 6 nitrogen and oxygen atoms in total.